The summed E-state index contributed by atoms with van der Waals surface area (Å²) in [6.07, 6.45) is 3.49. The Morgan fingerprint density at radius 3 is 3.00 bits per heavy atom. The van der Waals surface area contributed by atoms with Crippen LogP contribution in [0.3, 0.4) is 0 Å². The molecule has 0 aliphatic heterocycles. The third-order valence-electron chi connectivity index (χ3n) is 2.97. The van der Waals surface area contributed by atoms with Gasteiger partial charge in [-0.25, -0.2) is 4.98 Å². The minimum atomic E-state index is -1.01. The van der Waals surface area contributed by atoms with E-state index in [4.69, 9.17) is 0 Å². The Morgan fingerprint density at radius 2 is 2.44 bits per heavy atom. The van der Waals surface area contributed by atoms with E-state index in [-0.39, 0.29) is 0 Å². The molecule has 2 aromatic heterocycles. The maximum Gasteiger partial charge on any atom is 0.325 e. The van der Waals surface area contributed by atoms with Crippen LogP contribution in [0, 0.1) is 0 Å². The number of carbonyl (C=O) groups is 1. The molecule has 6 heteroatoms. The van der Waals surface area contributed by atoms with E-state index in [0.717, 1.165) is 10.7 Å². The highest BCUT2D eigenvalue weighted by atomic mass is 32.1. The van der Waals surface area contributed by atoms with Crippen LogP contribution < -0.4 is 5.32 Å². The number of hydrogen-bond acceptors (Lipinski definition) is 4. The maximum atomic E-state index is 11.3. The lowest BCUT2D eigenvalue weighted by Gasteiger charge is -2.25. The van der Waals surface area contributed by atoms with Crippen LogP contribution in [0.5, 0.6) is 0 Å². The first-order valence-electron chi connectivity index (χ1n) is 5.54. The largest absolute Gasteiger partial charge is 0.480 e. The first-order valence-corrected chi connectivity index (χ1v) is 6.42. The SMILES string of the molecule is CNC(C)(Cn1ccnc1-c1cccs1)C(=O)O. The molecule has 0 amide bonds. The molecule has 18 heavy (non-hydrogen) atoms. The molecule has 5 nitrogen and oxygen atoms in total. The van der Waals surface area contributed by atoms with Crippen molar-refractivity contribution in [3.8, 4) is 10.7 Å². The molecule has 0 saturated heterocycles. The van der Waals surface area contributed by atoms with Crippen molar-refractivity contribution >= 4 is 17.3 Å². The Morgan fingerprint density at radius 1 is 1.67 bits per heavy atom. The molecule has 0 saturated carbocycles. The number of aliphatic carboxylic acids is 1. The highest BCUT2D eigenvalue weighted by molar-refractivity contribution is 7.13. The van der Waals surface area contributed by atoms with Gasteiger partial charge >= 0.3 is 5.97 Å². The zero-order valence-corrected chi connectivity index (χ0v) is 11.1. The smallest absolute Gasteiger partial charge is 0.325 e. The van der Waals surface area contributed by atoms with Gasteiger partial charge < -0.3 is 15.0 Å². The number of hydrogen-bond donors (Lipinski definition) is 2. The fraction of sp³-hybridized carbons (Fsp3) is 0.333. The summed E-state index contributed by atoms with van der Waals surface area (Å²) in [5.41, 5.74) is -1.01. The second-order valence-electron chi connectivity index (χ2n) is 4.24. The molecule has 2 aromatic rings. The number of likely N-dealkylation sites (N-methyl/N-ethyl adjacent to an activating group) is 1. The Labute approximate surface area is 109 Å². The molecule has 0 bridgehead atoms. The van der Waals surface area contributed by atoms with Crippen LogP contribution in [0.1, 0.15) is 6.92 Å². The van der Waals surface area contributed by atoms with Gasteiger partial charge in [0.2, 0.25) is 0 Å². The number of carboxylic acid groups (broad SMARTS) is 1. The van der Waals surface area contributed by atoms with E-state index in [2.05, 4.69) is 10.3 Å². The summed E-state index contributed by atoms with van der Waals surface area (Å²) in [6.45, 7) is 1.99. The van der Waals surface area contributed by atoms with Crippen molar-refractivity contribution in [1.82, 2.24) is 14.9 Å². The highest BCUT2D eigenvalue weighted by Crippen LogP contribution is 2.24. The number of imidazole rings is 1. The van der Waals surface area contributed by atoms with Crippen molar-refractivity contribution in [2.24, 2.45) is 0 Å². The number of nitrogens with zero attached hydrogens (tertiary/aromatic N) is 2. The standard InChI is InChI=1S/C12H15N3O2S/c1-12(13-2,11(16)17)8-15-6-5-14-10(15)9-4-3-7-18-9/h3-7,13H,8H2,1-2H3,(H,16,17). The van der Waals surface area contributed by atoms with Gasteiger partial charge in [-0.1, -0.05) is 6.07 Å². The monoisotopic (exact) mass is 265 g/mol. The molecule has 0 aliphatic carbocycles. The summed E-state index contributed by atoms with van der Waals surface area (Å²) >= 11 is 1.59. The van der Waals surface area contributed by atoms with E-state index in [1.807, 2.05) is 22.1 Å². The molecule has 0 fully saturated rings. The average molecular weight is 265 g/mol. The molecule has 0 radical (unpaired) electrons. The van der Waals surface area contributed by atoms with Gasteiger partial charge in [0.25, 0.3) is 0 Å². The van der Waals surface area contributed by atoms with Gasteiger partial charge in [0, 0.05) is 12.4 Å². The zero-order valence-electron chi connectivity index (χ0n) is 10.3. The molecular weight excluding hydrogens is 250 g/mol. The lowest BCUT2D eigenvalue weighted by molar-refractivity contribution is -0.144. The third-order valence-corrected chi connectivity index (χ3v) is 3.83. The van der Waals surface area contributed by atoms with E-state index in [1.165, 1.54) is 0 Å². The molecule has 2 N–H and O–H groups in total. The second-order valence-corrected chi connectivity index (χ2v) is 5.19. The van der Waals surface area contributed by atoms with Gasteiger partial charge in [-0.3, -0.25) is 4.79 Å². The summed E-state index contributed by atoms with van der Waals surface area (Å²) in [5.74, 6) is -0.0800. The number of carboxylic acids is 1. The van der Waals surface area contributed by atoms with E-state index < -0.39 is 11.5 Å². The van der Waals surface area contributed by atoms with Crippen molar-refractivity contribution < 1.29 is 9.90 Å². The summed E-state index contributed by atoms with van der Waals surface area (Å²) in [4.78, 5) is 16.6. The minimum absolute atomic E-state index is 0.325. The first kappa shape index (κ1) is 12.8. The fourth-order valence-corrected chi connectivity index (χ4v) is 2.40. The zero-order chi connectivity index (χ0) is 13.2. The lowest BCUT2D eigenvalue weighted by Crippen LogP contribution is -2.50. The van der Waals surface area contributed by atoms with Crippen molar-refractivity contribution in [3.63, 3.8) is 0 Å². The molecule has 1 unspecified atom stereocenters. The van der Waals surface area contributed by atoms with E-state index in [9.17, 15) is 9.90 Å². The number of thiophene rings is 1. The molecular formula is C12H15N3O2S. The number of rotatable bonds is 5. The van der Waals surface area contributed by atoms with Crippen LogP contribution >= 0.6 is 11.3 Å². The Kier molecular flexibility index (Phi) is 3.49. The van der Waals surface area contributed by atoms with Gasteiger partial charge in [-0.2, -0.15) is 0 Å². The third kappa shape index (κ3) is 2.30. The average Bonchev–Trinajstić information content (AvgIpc) is 2.98. The lowest BCUT2D eigenvalue weighted by atomic mass is 10.0. The van der Waals surface area contributed by atoms with Crippen LogP contribution in [0.4, 0.5) is 0 Å². The van der Waals surface area contributed by atoms with Crippen molar-refractivity contribution in [3.05, 3.63) is 29.9 Å². The first-order chi connectivity index (χ1) is 8.57. The van der Waals surface area contributed by atoms with E-state index in [1.54, 1.807) is 37.7 Å². The summed E-state index contributed by atoms with van der Waals surface area (Å²) in [7, 11) is 1.65. The van der Waals surface area contributed by atoms with Crippen molar-refractivity contribution in [2.45, 2.75) is 19.0 Å². The van der Waals surface area contributed by atoms with Gasteiger partial charge in [0.05, 0.1) is 11.4 Å². The normalized spacial score (nSPS) is 14.3. The maximum absolute atomic E-state index is 11.3. The molecule has 0 aromatic carbocycles. The predicted molar refractivity (Wildman–Crippen MR) is 70.6 cm³/mol. The van der Waals surface area contributed by atoms with Gasteiger partial charge in [0.1, 0.15) is 11.4 Å². The predicted octanol–water partition coefficient (Wildman–Crippen LogP) is 1.67. The molecule has 2 heterocycles. The quantitative estimate of drug-likeness (QED) is 0.863. The summed E-state index contributed by atoms with van der Waals surface area (Å²) < 4.78 is 1.86. The number of nitrogens with one attached hydrogen (secondary N) is 1. The number of aromatic nitrogens is 2. The van der Waals surface area contributed by atoms with Crippen LogP contribution in [0.15, 0.2) is 29.9 Å². The van der Waals surface area contributed by atoms with Crippen LogP contribution in [-0.2, 0) is 11.3 Å². The summed E-state index contributed by atoms with van der Waals surface area (Å²) in [5, 5.41) is 14.1. The fourth-order valence-electron chi connectivity index (χ4n) is 1.66. The molecule has 2 rings (SSSR count). The van der Waals surface area contributed by atoms with E-state index in [0.29, 0.717) is 6.54 Å². The molecule has 1 atom stereocenters. The van der Waals surface area contributed by atoms with Gasteiger partial charge in [0.15, 0.2) is 0 Å². The van der Waals surface area contributed by atoms with Crippen molar-refractivity contribution in [1.29, 1.82) is 0 Å². The second kappa shape index (κ2) is 4.91. The Balaban J connectivity index is 2.31. The van der Waals surface area contributed by atoms with Crippen LogP contribution in [-0.4, -0.2) is 33.2 Å². The minimum Gasteiger partial charge on any atom is -0.480 e. The Hall–Kier alpha value is -1.66. The van der Waals surface area contributed by atoms with Crippen LogP contribution in [0.25, 0.3) is 10.7 Å². The topological polar surface area (TPSA) is 67.2 Å². The van der Waals surface area contributed by atoms with Crippen molar-refractivity contribution in [2.75, 3.05) is 7.05 Å². The molecule has 0 aliphatic rings. The van der Waals surface area contributed by atoms with Gasteiger partial charge in [-0.05, 0) is 25.4 Å². The van der Waals surface area contributed by atoms with Crippen LogP contribution in [0.2, 0.25) is 0 Å². The Bertz CT molecular complexity index is 535. The molecule has 0 spiro atoms. The molecule has 96 valence electrons. The highest BCUT2D eigenvalue weighted by Gasteiger charge is 2.32. The van der Waals surface area contributed by atoms with Gasteiger partial charge in [-0.15, -0.1) is 11.3 Å². The summed E-state index contributed by atoms with van der Waals surface area (Å²) in [6, 6.07) is 3.93. The van der Waals surface area contributed by atoms with E-state index >= 15 is 0 Å².